The van der Waals surface area contributed by atoms with Crippen LogP contribution in [0.15, 0.2) is 48.5 Å². The lowest BCUT2D eigenvalue weighted by Gasteiger charge is -2.15. The molecule has 94 valence electrons. The van der Waals surface area contributed by atoms with E-state index < -0.39 is 0 Å². The minimum atomic E-state index is -0.210. The lowest BCUT2D eigenvalue weighted by molar-refractivity contribution is 0.572. The van der Waals surface area contributed by atoms with Crippen LogP contribution < -0.4 is 11.1 Å². The number of anilines is 1. The number of nitrogen functional groups attached to an aromatic ring is 1. The number of hydrogen-bond acceptors (Lipinski definition) is 2. The first-order valence-corrected chi connectivity index (χ1v) is 5.99. The van der Waals surface area contributed by atoms with Crippen molar-refractivity contribution in [3.05, 3.63) is 65.5 Å². The number of nitrogens with one attached hydrogen (secondary N) is 1. The van der Waals surface area contributed by atoms with Crippen molar-refractivity contribution in [2.24, 2.45) is 0 Å². The van der Waals surface area contributed by atoms with E-state index in [9.17, 15) is 4.39 Å². The van der Waals surface area contributed by atoms with Crippen LogP contribution in [0.3, 0.4) is 0 Å². The van der Waals surface area contributed by atoms with E-state index >= 15 is 0 Å². The number of benzene rings is 2. The van der Waals surface area contributed by atoms with E-state index in [1.54, 1.807) is 12.1 Å². The van der Waals surface area contributed by atoms with Gasteiger partial charge in [-0.25, -0.2) is 4.39 Å². The van der Waals surface area contributed by atoms with Gasteiger partial charge < -0.3 is 11.1 Å². The van der Waals surface area contributed by atoms with E-state index in [-0.39, 0.29) is 11.9 Å². The summed E-state index contributed by atoms with van der Waals surface area (Å²) in [7, 11) is 0. The van der Waals surface area contributed by atoms with E-state index in [0.717, 1.165) is 16.8 Å². The summed E-state index contributed by atoms with van der Waals surface area (Å²) in [5.41, 5.74) is 8.80. The summed E-state index contributed by atoms with van der Waals surface area (Å²) >= 11 is 0. The van der Waals surface area contributed by atoms with Crippen molar-refractivity contribution in [1.82, 2.24) is 5.32 Å². The Hall–Kier alpha value is -1.87. The highest BCUT2D eigenvalue weighted by Crippen LogP contribution is 2.15. The van der Waals surface area contributed by atoms with Gasteiger partial charge in [0.15, 0.2) is 0 Å². The fourth-order valence-corrected chi connectivity index (χ4v) is 1.83. The molecular formula is C15H17FN2. The van der Waals surface area contributed by atoms with Crippen LogP contribution in [0.1, 0.15) is 24.1 Å². The molecule has 0 fully saturated rings. The Morgan fingerprint density at radius 2 is 1.78 bits per heavy atom. The van der Waals surface area contributed by atoms with Gasteiger partial charge >= 0.3 is 0 Å². The first-order valence-electron chi connectivity index (χ1n) is 5.99. The molecule has 2 aromatic carbocycles. The molecular weight excluding hydrogens is 227 g/mol. The summed E-state index contributed by atoms with van der Waals surface area (Å²) in [6.07, 6.45) is 0. The van der Waals surface area contributed by atoms with Crippen LogP contribution in [0, 0.1) is 5.82 Å². The summed E-state index contributed by atoms with van der Waals surface area (Å²) in [5.74, 6) is -0.210. The Kier molecular flexibility index (Phi) is 3.95. The van der Waals surface area contributed by atoms with Crippen LogP contribution in [0.25, 0.3) is 0 Å². The minimum absolute atomic E-state index is 0.158. The summed E-state index contributed by atoms with van der Waals surface area (Å²) < 4.78 is 12.8. The molecule has 0 bridgehead atoms. The van der Waals surface area contributed by atoms with E-state index in [1.807, 2.05) is 31.2 Å². The molecule has 3 heteroatoms. The van der Waals surface area contributed by atoms with Gasteiger partial charge in [-0.05, 0) is 36.2 Å². The average Bonchev–Trinajstić information content (AvgIpc) is 2.38. The second kappa shape index (κ2) is 5.65. The second-order valence-corrected chi connectivity index (χ2v) is 4.35. The first-order chi connectivity index (χ1) is 8.66. The number of halogens is 1. The molecule has 0 radical (unpaired) electrons. The largest absolute Gasteiger partial charge is 0.398 e. The Balaban J connectivity index is 1.98. The van der Waals surface area contributed by atoms with Gasteiger partial charge in [0, 0.05) is 18.3 Å². The molecule has 0 saturated heterocycles. The first kappa shape index (κ1) is 12.6. The molecule has 3 N–H and O–H groups in total. The summed E-state index contributed by atoms with van der Waals surface area (Å²) in [5, 5.41) is 3.37. The molecule has 0 amide bonds. The van der Waals surface area contributed by atoms with E-state index in [0.29, 0.717) is 6.54 Å². The fraction of sp³-hybridized carbons (Fsp3) is 0.200. The number of para-hydroxylation sites is 1. The lowest BCUT2D eigenvalue weighted by atomic mass is 10.1. The molecule has 2 aromatic rings. The standard InChI is InChI=1S/C15H17FN2/c1-11(12-6-8-14(16)9-7-12)18-10-13-4-2-3-5-15(13)17/h2-9,11,18H,10,17H2,1H3/t11-/m0/s1. The van der Waals surface area contributed by atoms with Gasteiger partial charge in [0.25, 0.3) is 0 Å². The third kappa shape index (κ3) is 3.08. The Labute approximate surface area is 107 Å². The van der Waals surface area contributed by atoms with Gasteiger partial charge in [-0.3, -0.25) is 0 Å². The Bertz CT molecular complexity index is 508. The SMILES string of the molecule is C[C@H](NCc1ccccc1N)c1ccc(F)cc1. The molecule has 0 unspecified atom stereocenters. The van der Waals surface area contributed by atoms with E-state index in [1.165, 1.54) is 12.1 Å². The molecule has 0 aliphatic rings. The highest BCUT2D eigenvalue weighted by atomic mass is 19.1. The zero-order valence-corrected chi connectivity index (χ0v) is 10.4. The molecule has 2 nitrogen and oxygen atoms in total. The highest BCUT2D eigenvalue weighted by molar-refractivity contribution is 5.46. The number of rotatable bonds is 4. The van der Waals surface area contributed by atoms with Crippen molar-refractivity contribution in [3.63, 3.8) is 0 Å². The van der Waals surface area contributed by atoms with Crippen LogP contribution >= 0.6 is 0 Å². The molecule has 18 heavy (non-hydrogen) atoms. The Morgan fingerprint density at radius 1 is 1.11 bits per heavy atom. The second-order valence-electron chi connectivity index (χ2n) is 4.35. The minimum Gasteiger partial charge on any atom is -0.398 e. The van der Waals surface area contributed by atoms with Crippen molar-refractivity contribution < 1.29 is 4.39 Å². The van der Waals surface area contributed by atoms with E-state index in [4.69, 9.17) is 5.73 Å². The maximum atomic E-state index is 12.8. The van der Waals surface area contributed by atoms with Crippen LogP contribution in [0.5, 0.6) is 0 Å². The number of nitrogens with two attached hydrogens (primary N) is 1. The van der Waals surface area contributed by atoms with Gasteiger partial charge in [0.1, 0.15) is 5.82 Å². The maximum absolute atomic E-state index is 12.8. The molecule has 0 spiro atoms. The van der Waals surface area contributed by atoms with Gasteiger partial charge in [0.05, 0.1) is 0 Å². The molecule has 0 aliphatic heterocycles. The monoisotopic (exact) mass is 244 g/mol. The fourth-order valence-electron chi connectivity index (χ4n) is 1.83. The average molecular weight is 244 g/mol. The summed E-state index contributed by atoms with van der Waals surface area (Å²) in [6.45, 7) is 2.75. The molecule has 0 aromatic heterocycles. The molecule has 2 rings (SSSR count). The third-order valence-electron chi connectivity index (χ3n) is 3.02. The van der Waals surface area contributed by atoms with Crippen LogP contribution in [0.4, 0.5) is 10.1 Å². The predicted molar refractivity (Wildman–Crippen MR) is 72.5 cm³/mol. The van der Waals surface area contributed by atoms with Crippen molar-refractivity contribution in [3.8, 4) is 0 Å². The van der Waals surface area contributed by atoms with Gasteiger partial charge in [-0.1, -0.05) is 30.3 Å². The summed E-state index contributed by atoms with van der Waals surface area (Å²) in [4.78, 5) is 0. The smallest absolute Gasteiger partial charge is 0.123 e. The van der Waals surface area contributed by atoms with Crippen LogP contribution in [0.2, 0.25) is 0 Å². The molecule has 0 aliphatic carbocycles. The van der Waals surface area contributed by atoms with Gasteiger partial charge in [-0.2, -0.15) is 0 Å². The lowest BCUT2D eigenvalue weighted by Crippen LogP contribution is -2.18. The van der Waals surface area contributed by atoms with Crippen molar-refractivity contribution in [2.75, 3.05) is 5.73 Å². The van der Waals surface area contributed by atoms with Crippen molar-refractivity contribution in [1.29, 1.82) is 0 Å². The predicted octanol–water partition coefficient (Wildman–Crippen LogP) is 3.26. The topological polar surface area (TPSA) is 38.0 Å². The van der Waals surface area contributed by atoms with Crippen LogP contribution in [-0.2, 0) is 6.54 Å². The quantitative estimate of drug-likeness (QED) is 0.810. The highest BCUT2D eigenvalue weighted by Gasteiger charge is 2.05. The Morgan fingerprint density at radius 3 is 2.44 bits per heavy atom. The van der Waals surface area contributed by atoms with Crippen molar-refractivity contribution in [2.45, 2.75) is 19.5 Å². The van der Waals surface area contributed by atoms with Gasteiger partial charge in [0.2, 0.25) is 0 Å². The normalized spacial score (nSPS) is 12.3. The third-order valence-corrected chi connectivity index (χ3v) is 3.02. The zero-order valence-electron chi connectivity index (χ0n) is 10.4. The molecule has 1 atom stereocenters. The zero-order chi connectivity index (χ0) is 13.0. The van der Waals surface area contributed by atoms with Crippen molar-refractivity contribution >= 4 is 5.69 Å². The maximum Gasteiger partial charge on any atom is 0.123 e. The van der Waals surface area contributed by atoms with E-state index in [2.05, 4.69) is 5.32 Å². The van der Waals surface area contributed by atoms with Gasteiger partial charge in [-0.15, -0.1) is 0 Å². The molecule has 0 heterocycles. The van der Waals surface area contributed by atoms with Crippen LogP contribution in [-0.4, -0.2) is 0 Å². The number of hydrogen-bond donors (Lipinski definition) is 2. The summed E-state index contributed by atoms with van der Waals surface area (Å²) in [6, 6.07) is 14.5. The molecule has 0 saturated carbocycles.